The van der Waals surface area contributed by atoms with Gasteiger partial charge in [0, 0.05) is 5.75 Å². The molecule has 0 fully saturated rings. The van der Waals surface area contributed by atoms with E-state index in [1.165, 1.54) is 22.7 Å². The van der Waals surface area contributed by atoms with Crippen molar-refractivity contribution in [3.05, 3.63) is 12.2 Å². The number of unbranched alkanes of at least 4 members (excludes halogenated alkanes) is 1. The van der Waals surface area contributed by atoms with Gasteiger partial charge in [0.25, 0.3) is 0 Å². The van der Waals surface area contributed by atoms with Crippen molar-refractivity contribution in [3.8, 4) is 0 Å². The van der Waals surface area contributed by atoms with Gasteiger partial charge in [0.15, 0.2) is 0 Å². The van der Waals surface area contributed by atoms with Gasteiger partial charge >= 0.3 is 0 Å². The van der Waals surface area contributed by atoms with Crippen molar-refractivity contribution in [2.45, 2.75) is 19.8 Å². The smallest absolute Gasteiger partial charge is 0.0225 e. The van der Waals surface area contributed by atoms with Crippen LogP contribution in [0.4, 0.5) is 0 Å². The van der Waals surface area contributed by atoms with Gasteiger partial charge in [-0.2, -0.15) is 0 Å². The molecule has 0 N–H and O–H groups in total. The van der Waals surface area contributed by atoms with Crippen molar-refractivity contribution in [1.29, 1.82) is 0 Å². The van der Waals surface area contributed by atoms with E-state index in [1.807, 2.05) is 0 Å². The lowest BCUT2D eigenvalue weighted by atomic mass is 10.3. The molecule has 0 aliphatic rings. The van der Waals surface area contributed by atoms with Gasteiger partial charge < -0.3 is 0 Å². The predicted octanol–water partition coefficient (Wildman–Crippen LogP) is 3.57. The van der Waals surface area contributed by atoms with Crippen LogP contribution >= 0.6 is 32.3 Å². The highest BCUT2D eigenvalue weighted by molar-refractivity contribution is 9.05. The molecule has 0 saturated heterocycles. The number of thiol groups is 1. The van der Waals surface area contributed by atoms with Crippen molar-refractivity contribution >= 4 is 32.3 Å². The molecule has 0 aromatic heterocycles. The first-order chi connectivity index (χ1) is 4.41. The minimum absolute atomic E-state index is 1.08. The number of rotatable bonds is 5. The van der Waals surface area contributed by atoms with Gasteiger partial charge in [-0.1, -0.05) is 48.0 Å². The van der Waals surface area contributed by atoms with Crippen LogP contribution in [0.5, 0.6) is 0 Å². The second kappa shape index (κ2) is 8.79. The zero-order chi connectivity index (χ0) is 6.95. The van der Waals surface area contributed by atoms with Crippen LogP contribution in [-0.4, -0.2) is 5.75 Å². The maximum Gasteiger partial charge on any atom is 0.0225 e. The fourth-order valence-corrected chi connectivity index (χ4v) is 1.66. The van der Waals surface area contributed by atoms with Gasteiger partial charge in [-0.3, -0.25) is 0 Å². The summed E-state index contributed by atoms with van der Waals surface area (Å²) in [6.45, 7) is 2.19. The Morgan fingerprint density at radius 3 is 2.78 bits per heavy atom. The monoisotopic (exact) mass is 180 g/mol. The Labute approximate surface area is 70.1 Å². The summed E-state index contributed by atoms with van der Waals surface area (Å²) in [6, 6.07) is 0. The third-order valence-corrected chi connectivity index (χ3v) is 2.95. The molecular formula is C6H12S3. The van der Waals surface area contributed by atoms with Crippen molar-refractivity contribution < 1.29 is 0 Å². The minimum Gasteiger partial charge on any atom is -0.0997 e. The van der Waals surface area contributed by atoms with Crippen LogP contribution in [0, 0.1) is 0 Å². The molecule has 0 heterocycles. The van der Waals surface area contributed by atoms with E-state index in [0.29, 0.717) is 0 Å². The van der Waals surface area contributed by atoms with Gasteiger partial charge in [0.1, 0.15) is 0 Å². The van der Waals surface area contributed by atoms with E-state index in [-0.39, 0.29) is 0 Å². The molecule has 0 saturated carbocycles. The SMILES string of the molecule is CCCC=CCSSS. The van der Waals surface area contributed by atoms with Gasteiger partial charge in [-0.25, -0.2) is 0 Å². The first-order valence-electron chi connectivity index (χ1n) is 2.99. The molecule has 0 bridgehead atoms. The fourth-order valence-electron chi connectivity index (χ4n) is 0.422. The molecule has 0 radical (unpaired) electrons. The molecule has 0 aliphatic carbocycles. The molecule has 0 aromatic carbocycles. The summed E-state index contributed by atoms with van der Waals surface area (Å²) in [6.07, 6.45) is 6.86. The molecule has 0 aliphatic heterocycles. The second-order valence-corrected chi connectivity index (χ2v) is 4.83. The fraction of sp³-hybridized carbons (Fsp3) is 0.667. The number of allylic oxidation sites excluding steroid dienone is 1. The summed E-state index contributed by atoms with van der Waals surface area (Å²) in [5.41, 5.74) is 0. The largest absolute Gasteiger partial charge is 0.0997 e. The molecule has 3 heteroatoms. The summed E-state index contributed by atoms with van der Waals surface area (Å²) in [5.74, 6) is 1.08. The Balaban J connectivity index is 2.86. The average Bonchev–Trinajstić information content (AvgIpc) is 1.89. The number of hydrogen-bond acceptors (Lipinski definition) is 3. The Morgan fingerprint density at radius 2 is 2.22 bits per heavy atom. The minimum atomic E-state index is 1.08. The highest BCUT2D eigenvalue weighted by Crippen LogP contribution is 2.24. The molecule has 0 rings (SSSR count). The molecule has 0 amide bonds. The molecule has 9 heavy (non-hydrogen) atoms. The molecular weight excluding hydrogens is 168 g/mol. The lowest BCUT2D eigenvalue weighted by Gasteiger charge is -1.86. The lowest BCUT2D eigenvalue weighted by Crippen LogP contribution is -1.64. The van der Waals surface area contributed by atoms with Gasteiger partial charge in [-0.15, -0.1) is 0 Å². The predicted molar refractivity (Wildman–Crippen MR) is 53.1 cm³/mol. The summed E-state index contributed by atoms with van der Waals surface area (Å²) in [7, 11) is 3.27. The maximum atomic E-state index is 3.99. The van der Waals surface area contributed by atoms with E-state index in [1.54, 1.807) is 10.8 Å². The lowest BCUT2D eigenvalue weighted by molar-refractivity contribution is 0.957. The van der Waals surface area contributed by atoms with E-state index in [0.717, 1.165) is 5.75 Å². The van der Waals surface area contributed by atoms with Gasteiger partial charge in [0.2, 0.25) is 0 Å². The Bertz CT molecular complexity index is 70.7. The summed E-state index contributed by atoms with van der Waals surface area (Å²) >= 11 is 3.99. The Kier molecular flexibility index (Phi) is 9.56. The topological polar surface area (TPSA) is 0 Å². The zero-order valence-corrected chi connectivity index (χ0v) is 8.07. The molecule has 0 unspecified atom stereocenters. The van der Waals surface area contributed by atoms with Crippen molar-refractivity contribution in [2.75, 3.05) is 5.75 Å². The summed E-state index contributed by atoms with van der Waals surface area (Å²) in [4.78, 5) is 0. The van der Waals surface area contributed by atoms with Crippen LogP contribution in [-0.2, 0) is 0 Å². The van der Waals surface area contributed by atoms with Crippen LogP contribution in [0.1, 0.15) is 19.8 Å². The van der Waals surface area contributed by atoms with E-state index in [4.69, 9.17) is 0 Å². The Morgan fingerprint density at radius 1 is 1.44 bits per heavy atom. The van der Waals surface area contributed by atoms with E-state index >= 15 is 0 Å². The van der Waals surface area contributed by atoms with Gasteiger partial charge in [-0.05, 0) is 16.2 Å². The third-order valence-electron chi connectivity index (χ3n) is 0.839. The van der Waals surface area contributed by atoms with Crippen LogP contribution in [0.25, 0.3) is 0 Å². The second-order valence-electron chi connectivity index (χ2n) is 1.62. The molecule has 54 valence electrons. The molecule has 0 nitrogen and oxygen atoms in total. The maximum absolute atomic E-state index is 3.99. The molecule has 0 atom stereocenters. The van der Waals surface area contributed by atoms with Crippen molar-refractivity contribution in [3.63, 3.8) is 0 Å². The van der Waals surface area contributed by atoms with Crippen molar-refractivity contribution in [1.82, 2.24) is 0 Å². The third kappa shape index (κ3) is 8.79. The van der Waals surface area contributed by atoms with E-state index < -0.39 is 0 Å². The normalized spacial score (nSPS) is 10.9. The highest BCUT2D eigenvalue weighted by Gasteiger charge is 1.77. The van der Waals surface area contributed by atoms with Crippen LogP contribution in [0.3, 0.4) is 0 Å². The van der Waals surface area contributed by atoms with Crippen molar-refractivity contribution in [2.24, 2.45) is 0 Å². The quantitative estimate of drug-likeness (QED) is 0.297. The number of hydrogen-bond donors (Lipinski definition) is 1. The highest BCUT2D eigenvalue weighted by atomic mass is 33.5. The summed E-state index contributed by atoms with van der Waals surface area (Å²) in [5, 5.41) is 0. The van der Waals surface area contributed by atoms with Crippen LogP contribution in [0.15, 0.2) is 12.2 Å². The average molecular weight is 180 g/mol. The first-order valence-corrected chi connectivity index (χ1v) is 6.37. The first kappa shape index (κ1) is 9.79. The van der Waals surface area contributed by atoms with Crippen LogP contribution in [0.2, 0.25) is 0 Å². The zero-order valence-electron chi connectivity index (χ0n) is 5.54. The van der Waals surface area contributed by atoms with E-state index in [9.17, 15) is 0 Å². The van der Waals surface area contributed by atoms with Gasteiger partial charge in [0.05, 0.1) is 0 Å². The molecule has 0 spiro atoms. The van der Waals surface area contributed by atoms with Crippen LogP contribution < -0.4 is 0 Å². The molecule has 0 aromatic rings. The standard InChI is InChI=1S/C6H12S3/c1-2-3-4-5-6-8-9-7/h4-5,7H,2-3,6H2,1H3. The summed E-state index contributed by atoms with van der Waals surface area (Å²) < 4.78 is 0. The Hall–Kier alpha value is 0.790. The van der Waals surface area contributed by atoms with E-state index in [2.05, 4.69) is 30.7 Å².